The minimum absolute atomic E-state index is 0.267. The lowest BCUT2D eigenvalue weighted by molar-refractivity contribution is -0.137. The first-order chi connectivity index (χ1) is 18.7. The molecule has 1 fully saturated rings. The Kier molecular flexibility index (Phi) is 8.57. The highest BCUT2D eigenvalue weighted by Crippen LogP contribution is 2.36. The van der Waals surface area contributed by atoms with Crippen LogP contribution in [0.15, 0.2) is 64.3 Å². The number of oxazole rings is 1. The van der Waals surface area contributed by atoms with E-state index in [1.807, 2.05) is 30.0 Å². The van der Waals surface area contributed by atoms with Crippen molar-refractivity contribution < 1.29 is 17.6 Å². The summed E-state index contributed by atoms with van der Waals surface area (Å²) < 4.78 is 48.5. The van der Waals surface area contributed by atoms with Crippen LogP contribution in [0.5, 0.6) is 0 Å². The highest BCUT2D eigenvalue weighted by atomic mass is 19.4. The second-order valence-corrected chi connectivity index (χ2v) is 9.68. The van der Waals surface area contributed by atoms with Crippen molar-refractivity contribution in [3.8, 4) is 28.3 Å². The van der Waals surface area contributed by atoms with Gasteiger partial charge in [0.15, 0.2) is 12.2 Å². The van der Waals surface area contributed by atoms with E-state index in [2.05, 4.69) is 23.9 Å². The summed E-state index contributed by atoms with van der Waals surface area (Å²) in [6.07, 6.45) is 1.82. The van der Waals surface area contributed by atoms with Crippen molar-refractivity contribution in [2.24, 2.45) is 0 Å². The Morgan fingerprint density at radius 2 is 1.67 bits per heavy atom. The van der Waals surface area contributed by atoms with Crippen LogP contribution in [0.2, 0.25) is 0 Å². The molecule has 0 amide bonds. The quantitative estimate of drug-likeness (QED) is 0.264. The number of aromatic nitrogens is 3. The molecule has 2 aromatic heterocycles. The predicted octanol–water partition coefficient (Wildman–Crippen LogP) is 7.46. The average Bonchev–Trinajstić information content (AvgIpc) is 3.63. The normalized spacial score (nSPS) is 13.4. The molecular formula is C30H33F3N4O2. The number of hydrogen-bond acceptors (Lipinski definition) is 5. The monoisotopic (exact) mass is 538 g/mol. The molecule has 6 nitrogen and oxygen atoms in total. The van der Waals surface area contributed by atoms with Crippen LogP contribution in [0, 0.1) is 6.92 Å². The smallest absolute Gasteiger partial charge is 0.418 e. The van der Waals surface area contributed by atoms with Crippen LogP contribution in [0.1, 0.15) is 56.7 Å². The molecule has 0 unspecified atom stereocenters. The van der Waals surface area contributed by atoms with Crippen molar-refractivity contribution in [1.82, 2.24) is 14.8 Å². The van der Waals surface area contributed by atoms with Crippen LogP contribution in [-0.2, 0) is 12.6 Å². The number of aryl methyl sites for hydroxylation is 2. The van der Waals surface area contributed by atoms with Gasteiger partial charge in [0, 0.05) is 35.5 Å². The molecule has 0 bridgehead atoms. The van der Waals surface area contributed by atoms with Gasteiger partial charge < -0.3 is 9.32 Å². The highest BCUT2D eigenvalue weighted by molar-refractivity contribution is 5.70. The molecule has 206 valence electrons. The van der Waals surface area contributed by atoms with Crippen LogP contribution in [-0.4, -0.2) is 27.9 Å². The summed E-state index contributed by atoms with van der Waals surface area (Å²) in [5, 5.41) is 4.47. The van der Waals surface area contributed by atoms with Gasteiger partial charge in [0.1, 0.15) is 0 Å². The Morgan fingerprint density at radius 1 is 0.974 bits per heavy atom. The Hall–Kier alpha value is -3.88. The fraction of sp³-hybridized carbons (Fsp3) is 0.367. The summed E-state index contributed by atoms with van der Waals surface area (Å²) in [6, 6.07) is 11.2. The van der Waals surface area contributed by atoms with E-state index < -0.39 is 17.3 Å². The Labute approximate surface area is 226 Å². The Balaban J connectivity index is 0.00000112. The topological polar surface area (TPSA) is 64.2 Å². The van der Waals surface area contributed by atoms with Gasteiger partial charge in [-0.05, 0) is 74.2 Å². The molecule has 0 N–H and O–H groups in total. The van der Waals surface area contributed by atoms with E-state index in [1.54, 1.807) is 19.2 Å². The fourth-order valence-electron chi connectivity index (χ4n) is 4.64. The molecule has 0 atom stereocenters. The van der Waals surface area contributed by atoms with E-state index >= 15 is 0 Å². The van der Waals surface area contributed by atoms with Gasteiger partial charge in [-0.3, -0.25) is 4.79 Å². The van der Waals surface area contributed by atoms with Crippen molar-refractivity contribution in [3.05, 3.63) is 82.1 Å². The number of anilines is 1. The zero-order valence-corrected chi connectivity index (χ0v) is 22.7. The zero-order chi connectivity index (χ0) is 28.2. The van der Waals surface area contributed by atoms with Crippen LogP contribution in [0.4, 0.5) is 18.9 Å². The second-order valence-electron chi connectivity index (χ2n) is 9.68. The third-order valence-electron chi connectivity index (χ3n) is 6.44. The molecule has 0 radical (unpaired) electrons. The lowest BCUT2D eigenvalue weighted by Gasteiger charge is -2.21. The van der Waals surface area contributed by atoms with Gasteiger partial charge in [-0.1, -0.05) is 27.2 Å². The Morgan fingerprint density at radius 3 is 2.28 bits per heavy atom. The maximum Gasteiger partial charge on any atom is 0.418 e. The van der Waals surface area contributed by atoms with Crippen LogP contribution in [0.25, 0.3) is 28.3 Å². The van der Waals surface area contributed by atoms with Gasteiger partial charge >= 0.3 is 6.18 Å². The van der Waals surface area contributed by atoms with Crippen LogP contribution >= 0.6 is 0 Å². The maximum atomic E-state index is 14.1. The van der Waals surface area contributed by atoms with Crippen LogP contribution < -0.4 is 10.5 Å². The summed E-state index contributed by atoms with van der Waals surface area (Å²) >= 11 is 0. The SMILES string of the molecule is CCC.CCc1cc(-c2cc(C)cc(-c3cnco3)c2)nn(-c2cc(N3CCCC3)ccc2C(F)(F)F)c1=O. The molecule has 3 heterocycles. The van der Waals surface area contributed by atoms with Crippen LogP contribution in [0.3, 0.4) is 0 Å². The van der Waals surface area contributed by atoms with Gasteiger partial charge in [0.2, 0.25) is 0 Å². The van der Waals surface area contributed by atoms with E-state index in [9.17, 15) is 18.0 Å². The van der Waals surface area contributed by atoms with Gasteiger partial charge in [-0.25, -0.2) is 4.98 Å². The molecule has 9 heteroatoms. The predicted molar refractivity (Wildman–Crippen MR) is 147 cm³/mol. The lowest BCUT2D eigenvalue weighted by atomic mass is 10.0. The van der Waals surface area contributed by atoms with E-state index in [-0.39, 0.29) is 5.69 Å². The molecule has 0 aliphatic carbocycles. The minimum atomic E-state index is -4.65. The summed E-state index contributed by atoms with van der Waals surface area (Å²) in [7, 11) is 0. The van der Waals surface area contributed by atoms with E-state index in [0.29, 0.717) is 34.7 Å². The molecule has 1 saturated heterocycles. The summed E-state index contributed by atoms with van der Waals surface area (Å²) in [5.41, 5.74) is 2.02. The summed E-state index contributed by atoms with van der Waals surface area (Å²) in [4.78, 5) is 19.3. The van der Waals surface area contributed by atoms with E-state index in [0.717, 1.165) is 47.8 Å². The third-order valence-corrected chi connectivity index (χ3v) is 6.44. The fourth-order valence-corrected chi connectivity index (χ4v) is 4.64. The molecule has 5 rings (SSSR count). The van der Waals surface area contributed by atoms with Crippen molar-refractivity contribution in [2.75, 3.05) is 18.0 Å². The van der Waals surface area contributed by atoms with E-state index in [4.69, 9.17) is 4.42 Å². The van der Waals surface area contributed by atoms with Crippen molar-refractivity contribution in [3.63, 3.8) is 0 Å². The largest absolute Gasteiger partial charge is 0.444 e. The number of hydrogen-bond donors (Lipinski definition) is 0. The van der Waals surface area contributed by atoms with Crippen molar-refractivity contribution >= 4 is 5.69 Å². The lowest BCUT2D eigenvalue weighted by Crippen LogP contribution is -2.28. The van der Waals surface area contributed by atoms with Gasteiger partial charge in [-0.2, -0.15) is 23.0 Å². The molecule has 2 aromatic carbocycles. The van der Waals surface area contributed by atoms with Gasteiger partial charge in [0.05, 0.1) is 23.1 Å². The maximum absolute atomic E-state index is 14.1. The molecule has 0 saturated carbocycles. The average molecular weight is 539 g/mol. The first kappa shape index (κ1) is 28.1. The first-order valence-corrected chi connectivity index (χ1v) is 13.3. The number of nitrogens with zero attached hydrogens (tertiary/aromatic N) is 4. The molecule has 1 aliphatic rings. The van der Waals surface area contributed by atoms with Crippen molar-refractivity contribution in [1.29, 1.82) is 0 Å². The zero-order valence-electron chi connectivity index (χ0n) is 22.7. The summed E-state index contributed by atoms with van der Waals surface area (Å²) in [5.74, 6) is 0.557. The van der Waals surface area contributed by atoms with E-state index in [1.165, 1.54) is 24.9 Å². The number of benzene rings is 2. The van der Waals surface area contributed by atoms with Gasteiger partial charge in [0.25, 0.3) is 5.56 Å². The highest BCUT2D eigenvalue weighted by Gasteiger charge is 2.35. The number of alkyl halides is 3. The molecule has 4 aromatic rings. The Bertz CT molecular complexity index is 1470. The molecule has 0 spiro atoms. The standard InChI is InChI=1S/C27H25F3N4O2.C3H8/c1-3-18-13-23(19-10-17(2)11-20(12-19)25-15-31-16-36-25)32-34(26(18)35)24-14-21(33-8-4-5-9-33)6-7-22(24)27(28,29)30;1-3-2/h6-7,10-16H,3-5,8-9H2,1-2H3;3H2,1-2H3. The number of halogens is 3. The molecule has 1 aliphatic heterocycles. The number of rotatable bonds is 5. The third kappa shape index (κ3) is 6.24. The minimum Gasteiger partial charge on any atom is -0.444 e. The molecule has 39 heavy (non-hydrogen) atoms. The van der Waals surface area contributed by atoms with Crippen molar-refractivity contribution in [2.45, 2.75) is 59.6 Å². The first-order valence-electron chi connectivity index (χ1n) is 13.3. The molecular weight excluding hydrogens is 505 g/mol. The van der Waals surface area contributed by atoms with Gasteiger partial charge in [-0.15, -0.1) is 0 Å². The summed E-state index contributed by atoms with van der Waals surface area (Å²) in [6.45, 7) is 9.48. The second kappa shape index (κ2) is 11.9.